The molecule has 0 aromatic carbocycles. The predicted molar refractivity (Wildman–Crippen MR) is 56.7 cm³/mol. The molecule has 6 nitrogen and oxygen atoms in total. The summed E-state index contributed by atoms with van der Waals surface area (Å²) in [7, 11) is 1.59. The van der Waals surface area contributed by atoms with Crippen molar-refractivity contribution in [1.82, 2.24) is 9.80 Å². The van der Waals surface area contributed by atoms with Gasteiger partial charge in [0.05, 0.1) is 25.9 Å². The van der Waals surface area contributed by atoms with Crippen LogP contribution in [0.1, 0.15) is 6.92 Å². The molecule has 1 aliphatic rings. The third kappa shape index (κ3) is 3.46. The van der Waals surface area contributed by atoms with E-state index in [-0.39, 0.29) is 31.1 Å². The Morgan fingerprint density at radius 1 is 1.56 bits per heavy atom. The first-order valence-electron chi connectivity index (χ1n) is 5.26. The molecule has 0 radical (unpaired) electrons. The van der Waals surface area contributed by atoms with Crippen molar-refractivity contribution in [3.05, 3.63) is 0 Å². The highest BCUT2D eigenvalue weighted by Gasteiger charge is 2.24. The molecule has 1 fully saturated rings. The molecular formula is C10H18N2O4. The van der Waals surface area contributed by atoms with Crippen LogP contribution in [0.2, 0.25) is 0 Å². The molecule has 1 saturated heterocycles. The quantitative estimate of drug-likeness (QED) is 0.653. The van der Waals surface area contributed by atoms with E-state index < -0.39 is 0 Å². The number of nitrogens with zero attached hydrogens (tertiary/aromatic N) is 2. The maximum absolute atomic E-state index is 11.8. The molecule has 2 amide bonds. The summed E-state index contributed by atoms with van der Waals surface area (Å²) in [4.78, 5) is 25.7. The Morgan fingerprint density at radius 2 is 2.25 bits per heavy atom. The van der Waals surface area contributed by atoms with Crippen molar-refractivity contribution >= 4 is 11.8 Å². The molecule has 0 saturated carbocycles. The number of amides is 2. The first-order valence-corrected chi connectivity index (χ1v) is 5.26. The van der Waals surface area contributed by atoms with Crippen molar-refractivity contribution in [2.75, 3.05) is 39.9 Å². The molecule has 1 atom stereocenters. The van der Waals surface area contributed by atoms with Crippen molar-refractivity contribution in [3.63, 3.8) is 0 Å². The molecule has 6 heteroatoms. The van der Waals surface area contributed by atoms with Gasteiger partial charge < -0.3 is 19.6 Å². The van der Waals surface area contributed by atoms with E-state index in [4.69, 9.17) is 9.84 Å². The van der Waals surface area contributed by atoms with Crippen LogP contribution >= 0.6 is 0 Å². The number of hydrogen-bond donors (Lipinski definition) is 1. The number of ether oxygens (including phenoxy) is 1. The number of carbonyl (C=O) groups is 2. The monoisotopic (exact) mass is 230 g/mol. The summed E-state index contributed by atoms with van der Waals surface area (Å²) in [5, 5.41) is 8.93. The Kier molecular flexibility index (Phi) is 4.70. The van der Waals surface area contributed by atoms with Gasteiger partial charge >= 0.3 is 0 Å². The average Bonchev–Trinajstić information content (AvgIpc) is 2.28. The van der Waals surface area contributed by atoms with Crippen LogP contribution in [0.15, 0.2) is 0 Å². The zero-order valence-electron chi connectivity index (χ0n) is 9.68. The molecule has 1 aliphatic heterocycles. The molecule has 0 bridgehead atoms. The lowest BCUT2D eigenvalue weighted by Gasteiger charge is -2.33. The number of likely N-dealkylation sites (N-methyl/N-ethyl adjacent to an activating group) is 1. The summed E-state index contributed by atoms with van der Waals surface area (Å²) in [6.07, 6.45) is -0.305. The van der Waals surface area contributed by atoms with E-state index in [0.29, 0.717) is 19.7 Å². The van der Waals surface area contributed by atoms with Gasteiger partial charge in [-0.15, -0.1) is 0 Å². The summed E-state index contributed by atoms with van der Waals surface area (Å²) < 4.78 is 5.24. The van der Waals surface area contributed by atoms with Crippen LogP contribution in [-0.2, 0) is 14.3 Å². The maximum Gasteiger partial charge on any atom is 0.242 e. The third-order valence-corrected chi connectivity index (χ3v) is 2.61. The highest BCUT2D eigenvalue weighted by molar-refractivity contribution is 5.83. The van der Waals surface area contributed by atoms with Gasteiger partial charge in [-0.05, 0) is 0 Å². The highest BCUT2D eigenvalue weighted by atomic mass is 16.5. The maximum atomic E-state index is 11.8. The number of aliphatic hydroxyl groups is 1. The van der Waals surface area contributed by atoms with Gasteiger partial charge in [-0.1, -0.05) is 0 Å². The van der Waals surface area contributed by atoms with Crippen molar-refractivity contribution in [2.45, 2.75) is 13.0 Å². The number of morpholine rings is 1. The normalized spacial score (nSPS) is 20.7. The van der Waals surface area contributed by atoms with E-state index in [0.717, 1.165) is 0 Å². The molecule has 92 valence electrons. The lowest BCUT2D eigenvalue weighted by Crippen LogP contribution is -2.50. The van der Waals surface area contributed by atoms with E-state index in [9.17, 15) is 9.59 Å². The predicted octanol–water partition coefficient (Wildman–Crippen LogP) is -1.32. The Balaban J connectivity index is 2.44. The minimum Gasteiger partial charge on any atom is -0.394 e. The molecule has 1 heterocycles. The van der Waals surface area contributed by atoms with Crippen LogP contribution < -0.4 is 0 Å². The number of aliphatic hydroxyl groups excluding tert-OH is 1. The van der Waals surface area contributed by atoms with E-state index in [1.807, 2.05) is 0 Å². The number of rotatable bonds is 3. The third-order valence-electron chi connectivity index (χ3n) is 2.61. The fraction of sp³-hybridized carbons (Fsp3) is 0.800. The topological polar surface area (TPSA) is 70.1 Å². The Bertz CT molecular complexity index is 270. The van der Waals surface area contributed by atoms with Crippen LogP contribution in [0, 0.1) is 0 Å². The van der Waals surface area contributed by atoms with Crippen molar-refractivity contribution in [1.29, 1.82) is 0 Å². The molecule has 1 N–H and O–H groups in total. The van der Waals surface area contributed by atoms with Crippen LogP contribution in [0.4, 0.5) is 0 Å². The molecule has 1 unspecified atom stereocenters. The van der Waals surface area contributed by atoms with Gasteiger partial charge in [0.2, 0.25) is 11.8 Å². The van der Waals surface area contributed by atoms with Crippen LogP contribution in [0.25, 0.3) is 0 Å². The van der Waals surface area contributed by atoms with E-state index in [1.54, 1.807) is 11.9 Å². The summed E-state index contributed by atoms with van der Waals surface area (Å²) in [5.74, 6) is -0.250. The highest BCUT2D eigenvalue weighted by Crippen LogP contribution is 2.05. The fourth-order valence-corrected chi connectivity index (χ4v) is 1.47. The van der Waals surface area contributed by atoms with Gasteiger partial charge in [-0.25, -0.2) is 0 Å². The van der Waals surface area contributed by atoms with Crippen LogP contribution in [0.3, 0.4) is 0 Å². The van der Waals surface area contributed by atoms with E-state index >= 15 is 0 Å². The lowest BCUT2D eigenvalue weighted by molar-refractivity contribution is -0.144. The number of carbonyl (C=O) groups excluding carboxylic acids is 2. The summed E-state index contributed by atoms with van der Waals surface area (Å²) >= 11 is 0. The van der Waals surface area contributed by atoms with Crippen molar-refractivity contribution in [2.24, 2.45) is 0 Å². The Morgan fingerprint density at radius 3 is 2.81 bits per heavy atom. The average molecular weight is 230 g/mol. The lowest BCUT2D eigenvalue weighted by atomic mass is 10.2. The Labute approximate surface area is 94.8 Å². The molecule has 0 aliphatic carbocycles. The van der Waals surface area contributed by atoms with Crippen LogP contribution in [0.5, 0.6) is 0 Å². The van der Waals surface area contributed by atoms with Gasteiger partial charge in [0.15, 0.2) is 0 Å². The number of hydrogen-bond acceptors (Lipinski definition) is 4. The molecule has 16 heavy (non-hydrogen) atoms. The van der Waals surface area contributed by atoms with E-state index in [2.05, 4.69) is 0 Å². The zero-order valence-corrected chi connectivity index (χ0v) is 9.68. The second-order valence-electron chi connectivity index (χ2n) is 3.89. The van der Waals surface area contributed by atoms with Gasteiger partial charge in [-0.3, -0.25) is 9.59 Å². The zero-order chi connectivity index (χ0) is 12.1. The van der Waals surface area contributed by atoms with Gasteiger partial charge in [-0.2, -0.15) is 0 Å². The van der Waals surface area contributed by atoms with Gasteiger partial charge in [0.25, 0.3) is 0 Å². The van der Waals surface area contributed by atoms with Crippen molar-refractivity contribution < 1.29 is 19.4 Å². The minimum atomic E-state index is -0.305. The van der Waals surface area contributed by atoms with Gasteiger partial charge in [0.1, 0.15) is 0 Å². The summed E-state index contributed by atoms with van der Waals surface area (Å²) in [6, 6.07) is 0. The SMILES string of the molecule is CC(=O)N(C)CC(=O)N1CCOC(CO)C1. The fourth-order valence-electron chi connectivity index (χ4n) is 1.47. The first kappa shape index (κ1) is 12.9. The smallest absolute Gasteiger partial charge is 0.242 e. The molecule has 0 spiro atoms. The molecule has 1 rings (SSSR count). The molecule has 0 aromatic rings. The summed E-state index contributed by atoms with van der Waals surface area (Å²) in [5.41, 5.74) is 0. The minimum absolute atomic E-state index is 0.0769. The van der Waals surface area contributed by atoms with Crippen molar-refractivity contribution in [3.8, 4) is 0 Å². The Hall–Kier alpha value is -1.14. The standard InChI is InChI=1S/C10H18N2O4/c1-8(14)11(2)6-10(15)12-3-4-16-9(5-12)7-13/h9,13H,3-7H2,1-2H3. The van der Waals surface area contributed by atoms with Gasteiger partial charge in [0, 0.05) is 27.1 Å². The van der Waals surface area contributed by atoms with E-state index in [1.165, 1.54) is 11.8 Å². The second kappa shape index (κ2) is 5.81. The second-order valence-corrected chi connectivity index (χ2v) is 3.89. The molecular weight excluding hydrogens is 212 g/mol. The largest absolute Gasteiger partial charge is 0.394 e. The molecule has 0 aromatic heterocycles. The first-order chi connectivity index (χ1) is 7.54. The summed E-state index contributed by atoms with van der Waals surface area (Å²) in [6.45, 7) is 2.74. The van der Waals surface area contributed by atoms with Crippen LogP contribution in [-0.4, -0.2) is 72.7 Å².